The average molecular weight is 397 g/mol. The first kappa shape index (κ1) is 17.9. The fourth-order valence-electron chi connectivity index (χ4n) is 3.73. The third-order valence-electron chi connectivity index (χ3n) is 5.30. The number of hydrogen-bond donors (Lipinski definition) is 1. The van der Waals surface area contributed by atoms with Gasteiger partial charge in [0.05, 0.1) is 0 Å². The Morgan fingerprint density at radius 1 is 0.828 bits per heavy atom. The Labute approximate surface area is 168 Å². The first-order valence-electron chi connectivity index (χ1n) is 9.81. The van der Waals surface area contributed by atoms with Gasteiger partial charge in [0.2, 0.25) is 6.79 Å². The second kappa shape index (κ2) is 7.71. The van der Waals surface area contributed by atoms with E-state index >= 15 is 0 Å². The number of benzene rings is 2. The highest BCUT2D eigenvalue weighted by Gasteiger charge is 2.22. The van der Waals surface area contributed by atoms with Gasteiger partial charge in [0.1, 0.15) is 13.2 Å². The molecule has 0 bridgehead atoms. The number of fused-ring (bicyclic) bond motifs is 2. The molecule has 3 aliphatic heterocycles. The van der Waals surface area contributed by atoms with Crippen LogP contribution in [0.3, 0.4) is 0 Å². The molecular formula is C21H23N3O5. The first-order valence-corrected chi connectivity index (χ1v) is 9.81. The van der Waals surface area contributed by atoms with Crippen LogP contribution >= 0.6 is 0 Å². The highest BCUT2D eigenvalue weighted by Crippen LogP contribution is 2.33. The van der Waals surface area contributed by atoms with Crippen LogP contribution < -0.4 is 24.3 Å². The summed E-state index contributed by atoms with van der Waals surface area (Å²) in [4.78, 5) is 16.8. The summed E-state index contributed by atoms with van der Waals surface area (Å²) in [6, 6.07) is 11.4. The van der Waals surface area contributed by atoms with Crippen molar-refractivity contribution < 1.29 is 23.7 Å². The molecule has 0 radical (unpaired) electrons. The van der Waals surface area contributed by atoms with Gasteiger partial charge in [-0.2, -0.15) is 0 Å². The summed E-state index contributed by atoms with van der Waals surface area (Å²) >= 11 is 0. The molecule has 5 rings (SSSR count). The third-order valence-corrected chi connectivity index (χ3v) is 5.30. The summed E-state index contributed by atoms with van der Waals surface area (Å²) in [5.74, 6) is 2.99. The maximum absolute atomic E-state index is 12.6. The maximum Gasteiger partial charge on any atom is 0.321 e. The smallest absolute Gasteiger partial charge is 0.321 e. The molecule has 3 aliphatic rings. The quantitative estimate of drug-likeness (QED) is 0.858. The van der Waals surface area contributed by atoms with Gasteiger partial charge in [-0.05, 0) is 29.8 Å². The van der Waals surface area contributed by atoms with Crippen molar-refractivity contribution in [2.45, 2.75) is 6.54 Å². The molecule has 3 heterocycles. The molecule has 29 heavy (non-hydrogen) atoms. The average Bonchev–Trinajstić information content (AvgIpc) is 3.22. The zero-order valence-electron chi connectivity index (χ0n) is 16.1. The van der Waals surface area contributed by atoms with Gasteiger partial charge in [-0.1, -0.05) is 6.07 Å². The second-order valence-electron chi connectivity index (χ2n) is 7.24. The molecule has 1 saturated heterocycles. The summed E-state index contributed by atoms with van der Waals surface area (Å²) in [6.45, 7) is 5.20. The largest absolute Gasteiger partial charge is 0.486 e. The molecule has 0 unspecified atom stereocenters. The number of anilines is 1. The Morgan fingerprint density at radius 2 is 1.52 bits per heavy atom. The highest BCUT2D eigenvalue weighted by molar-refractivity contribution is 5.89. The number of hydrogen-bond acceptors (Lipinski definition) is 6. The minimum atomic E-state index is -0.0931. The number of nitrogens with zero attached hydrogens (tertiary/aromatic N) is 2. The molecule has 8 heteroatoms. The molecule has 8 nitrogen and oxygen atoms in total. The number of amides is 2. The summed E-state index contributed by atoms with van der Waals surface area (Å²) in [6.07, 6.45) is 0. The van der Waals surface area contributed by atoms with Crippen molar-refractivity contribution in [1.29, 1.82) is 0 Å². The van der Waals surface area contributed by atoms with E-state index in [4.69, 9.17) is 18.9 Å². The van der Waals surface area contributed by atoms with Crippen molar-refractivity contribution in [3.05, 3.63) is 42.0 Å². The Morgan fingerprint density at radius 3 is 2.38 bits per heavy atom. The van der Waals surface area contributed by atoms with Crippen molar-refractivity contribution in [2.24, 2.45) is 0 Å². The molecule has 2 amide bonds. The minimum absolute atomic E-state index is 0.0931. The summed E-state index contributed by atoms with van der Waals surface area (Å²) in [5, 5.41) is 2.96. The van der Waals surface area contributed by atoms with Crippen LogP contribution in [-0.2, 0) is 6.54 Å². The molecule has 0 aliphatic carbocycles. The first-order chi connectivity index (χ1) is 14.2. The van der Waals surface area contributed by atoms with E-state index in [9.17, 15) is 4.79 Å². The number of piperazine rings is 1. The van der Waals surface area contributed by atoms with E-state index in [0.717, 1.165) is 31.1 Å². The van der Waals surface area contributed by atoms with Gasteiger partial charge in [-0.3, -0.25) is 4.90 Å². The van der Waals surface area contributed by atoms with E-state index < -0.39 is 0 Å². The Hall–Kier alpha value is -3.13. The van der Waals surface area contributed by atoms with Crippen LogP contribution in [0.25, 0.3) is 0 Å². The zero-order valence-corrected chi connectivity index (χ0v) is 16.1. The number of carbonyl (C=O) groups excluding carboxylic acids is 1. The van der Waals surface area contributed by atoms with Crippen LogP contribution in [0.2, 0.25) is 0 Å². The lowest BCUT2D eigenvalue weighted by Crippen LogP contribution is -2.49. The monoisotopic (exact) mass is 397 g/mol. The maximum atomic E-state index is 12.6. The molecule has 0 atom stereocenters. The van der Waals surface area contributed by atoms with Crippen molar-refractivity contribution >= 4 is 11.7 Å². The van der Waals surface area contributed by atoms with Gasteiger partial charge in [0, 0.05) is 44.5 Å². The van der Waals surface area contributed by atoms with Crippen molar-refractivity contribution in [2.75, 3.05) is 51.5 Å². The van der Waals surface area contributed by atoms with Crippen molar-refractivity contribution in [3.63, 3.8) is 0 Å². The molecular weight excluding hydrogens is 374 g/mol. The number of ether oxygens (including phenoxy) is 4. The number of nitrogens with one attached hydrogen (secondary N) is 1. The Balaban J connectivity index is 1.14. The van der Waals surface area contributed by atoms with Crippen LogP contribution in [0.15, 0.2) is 36.4 Å². The number of carbonyl (C=O) groups is 1. The molecule has 2 aromatic rings. The van der Waals surface area contributed by atoms with E-state index in [1.807, 2.05) is 35.2 Å². The van der Waals surface area contributed by atoms with Crippen molar-refractivity contribution in [3.8, 4) is 23.0 Å². The van der Waals surface area contributed by atoms with E-state index in [1.165, 1.54) is 5.56 Å². The van der Waals surface area contributed by atoms with E-state index in [-0.39, 0.29) is 12.8 Å². The lowest BCUT2D eigenvalue weighted by Gasteiger charge is -2.34. The fourth-order valence-corrected chi connectivity index (χ4v) is 3.73. The number of rotatable bonds is 3. The number of urea groups is 1. The predicted molar refractivity (Wildman–Crippen MR) is 106 cm³/mol. The van der Waals surface area contributed by atoms with Gasteiger partial charge in [0.15, 0.2) is 23.0 Å². The normalized spacial score (nSPS) is 17.9. The van der Waals surface area contributed by atoms with E-state index in [2.05, 4.69) is 16.3 Å². The van der Waals surface area contributed by atoms with Gasteiger partial charge in [-0.25, -0.2) is 4.79 Å². The summed E-state index contributed by atoms with van der Waals surface area (Å²) in [5.41, 5.74) is 1.89. The van der Waals surface area contributed by atoms with Gasteiger partial charge in [0.25, 0.3) is 0 Å². The molecule has 152 valence electrons. The second-order valence-corrected chi connectivity index (χ2v) is 7.24. The Bertz CT molecular complexity index is 911. The lowest BCUT2D eigenvalue weighted by molar-refractivity contribution is 0.143. The molecule has 1 N–H and O–H groups in total. The fraction of sp³-hybridized carbons (Fsp3) is 0.381. The minimum Gasteiger partial charge on any atom is -0.486 e. The molecule has 0 spiro atoms. The molecule has 1 fully saturated rings. The molecule has 0 saturated carbocycles. The van der Waals surface area contributed by atoms with E-state index in [1.54, 1.807) is 0 Å². The van der Waals surface area contributed by atoms with E-state index in [0.29, 0.717) is 43.5 Å². The van der Waals surface area contributed by atoms with Crippen LogP contribution in [0.1, 0.15) is 5.56 Å². The zero-order chi connectivity index (χ0) is 19.6. The standard InChI is InChI=1S/C21H23N3O5/c25-21(22-16-2-4-17-20(12-16)27-10-9-26-17)24-7-5-23(6-8-24)13-15-1-3-18-19(11-15)29-14-28-18/h1-4,11-12H,5-10,13-14H2,(H,22,25). The van der Waals surface area contributed by atoms with Gasteiger partial charge < -0.3 is 29.2 Å². The molecule has 0 aromatic heterocycles. The SMILES string of the molecule is O=C(Nc1ccc2c(c1)OCCO2)N1CCN(Cc2ccc3c(c2)OCO3)CC1. The lowest BCUT2D eigenvalue weighted by atomic mass is 10.1. The topological polar surface area (TPSA) is 72.5 Å². The highest BCUT2D eigenvalue weighted by atomic mass is 16.7. The predicted octanol–water partition coefficient (Wildman–Crippen LogP) is 2.54. The summed E-state index contributed by atoms with van der Waals surface area (Å²) < 4.78 is 21.9. The van der Waals surface area contributed by atoms with Crippen LogP contribution in [0.5, 0.6) is 23.0 Å². The van der Waals surface area contributed by atoms with Gasteiger partial charge in [-0.15, -0.1) is 0 Å². The van der Waals surface area contributed by atoms with Crippen LogP contribution in [-0.4, -0.2) is 62.0 Å². The van der Waals surface area contributed by atoms with Crippen LogP contribution in [0, 0.1) is 0 Å². The summed E-state index contributed by atoms with van der Waals surface area (Å²) in [7, 11) is 0. The van der Waals surface area contributed by atoms with Crippen LogP contribution in [0.4, 0.5) is 10.5 Å². The third kappa shape index (κ3) is 3.88. The molecule has 2 aromatic carbocycles. The van der Waals surface area contributed by atoms with Crippen molar-refractivity contribution in [1.82, 2.24) is 9.80 Å². The Kier molecular flexibility index (Phi) is 4.77. The van der Waals surface area contributed by atoms with Gasteiger partial charge >= 0.3 is 6.03 Å².